The number of ether oxygens (including phenoxy) is 2. The molecule has 0 amide bonds. The fraction of sp³-hybridized carbons (Fsp3) is 0.615. The molecule has 1 heterocycles. The SMILES string of the molecule is COC(C)(C)CCOCCn1cc(N)ccc1=O. The number of anilines is 1. The van der Waals surface area contributed by atoms with Gasteiger partial charge in [0.25, 0.3) is 5.56 Å². The topological polar surface area (TPSA) is 66.5 Å². The van der Waals surface area contributed by atoms with Crippen molar-refractivity contribution in [2.24, 2.45) is 0 Å². The average molecular weight is 254 g/mol. The highest BCUT2D eigenvalue weighted by Gasteiger charge is 2.15. The predicted molar refractivity (Wildman–Crippen MR) is 71.6 cm³/mol. The molecule has 102 valence electrons. The Labute approximate surface area is 108 Å². The zero-order valence-electron chi connectivity index (χ0n) is 11.3. The number of rotatable bonds is 7. The zero-order valence-corrected chi connectivity index (χ0v) is 11.3. The van der Waals surface area contributed by atoms with Gasteiger partial charge in [0, 0.05) is 38.2 Å². The van der Waals surface area contributed by atoms with Crippen LogP contribution in [0.4, 0.5) is 5.69 Å². The molecule has 0 unspecified atom stereocenters. The summed E-state index contributed by atoms with van der Waals surface area (Å²) in [6.07, 6.45) is 2.44. The maximum atomic E-state index is 11.5. The monoisotopic (exact) mass is 254 g/mol. The molecule has 0 radical (unpaired) electrons. The van der Waals surface area contributed by atoms with E-state index in [-0.39, 0.29) is 11.2 Å². The summed E-state index contributed by atoms with van der Waals surface area (Å²) in [5.41, 5.74) is 5.96. The van der Waals surface area contributed by atoms with Gasteiger partial charge in [-0.2, -0.15) is 0 Å². The van der Waals surface area contributed by atoms with Crippen LogP contribution in [0, 0.1) is 0 Å². The largest absolute Gasteiger partial charge is 0.398 e. The second-order valence-corrected chi connectivity index (χ2v) is 4.82. The summed E-state index contributed by atoms with van der Waals surface area (Å²) in [6.45, 7) is 5.63. The Balaban J connectivity index is 2.30. The van der Waals surface area contributed by atoms with Gasteiger partial charge in [-0.05, 0) is 26.3 Å². The molecule has 18 heavy (non-hydrogen) atoms. The van der Waals surface area contributed by atoms with Crippen LogP contribution in [0.1, 0.15) is 20.3 Å². The number of nitrogens with zero attached hydrogens (tertiary/aromatic N) is 1. The molecule has 1 rings (SSSR count). The van der Waals surface area contributed by atoms with Crippen molar-refractivity contribution in [2.75, 3.05) is 26.1 Å². The molecule has 0 aromatic carbocycles. The van der Waals surface area contributed by atoms with Gasteiger partial charge in [0.05, 0.1) is 12.2 Å². The van der Waals surface area contributed by atoms with Gasteiger partial charge in [0.1, 0.15) is 0 Å². The number of hydrogen-bond donors (Lipinski definition) is 1. The molecule has 0 saturated carbocycles. The van der Waals surface area contributed by atoms with Crippen molar-refractivity contribution in [1.82, 2.24) is 4.57 Å². The van der Waals surface area contributed by atoms with E-state index in [2.05, 4.69) is 0 Å². The Kier molecular flexibility index (Phi) is 5.37. The first kappa shape index (κ1) is 14.7. The van der Waals surface area contributed by atoms with Crippen LogP contribution < -0.4 is 11.3 Å². The van der Waals surface area contributed by atoms with E-state index >= 15 is 0 Å². The molecule has 1 aromatic rings. The van der Waals surface area contributed by atoms with Gasteiger partial charge in [0.15, 0.2) is 0 Å². The van der Waals surface area contributed by atoms with E-state index in [1.54, 1.807) is 23.9 Å². The summed E-state index contributed by atoms with van der Waals surface area (Å²) in [4.78, 5) is 11.5. The molecule has 2 N–H and O–H groups in total. The molecule has 0 aliphatic heterocycles. The number of methoxy groups -OCH3 is 1. The molecule has 0 bridgehead atoms. The minimum Gasteiger partial charge on any atom is -0.398 e. The molecular weight excluding hydrogens is 232 g/mol. The van der Waals surface area contributed by atoms with Gasteiger partial charge in [0.2, 0.25) is 0 Å². The Morgan fingerprint density at radius 1 is 1.33 bits per heavy atom. The van der Waals surface area contributed by atoms with Gasteiger partial charge in [-0.1, -0.05) is 0 Å². The van der Waals surface area contributed by atoms with E-state index in [0.717, 1.165) is 6.42 Å². The lowest BCUT2D eigenvalue weighted by atomic mass is 10.1. The number of hydrogen-bond acceptors (Lipinski definition) is 4. The van der Waals surface area contributed by atoms with E-state index < -0.39 is 0 Å². The van der Waals surface area contributed by atoms with E-state index in [1.165, 1.54) is 6.07 Å². The lowest BCUT2D eigenvalue weighted by Gasteiger charge is -2.22. The summed E-state index contributed by atoms with van der Waals surface area (Å²) < 4.78 is 12.3. The fourth-order valence-corrected chi connectivity index (χ4v) is 1.41. The smallest absolute Gasteiger partial charge is 0.250 e. The highest BCUT2D eigenvalue weighted by molar-refractivity contribution is 5.33. The van der Waals surface area contributed by atoms with Crippen LogP contribution in [-0.2, 0) is 16.0 Å². The average Bonchev–Trinajstić information content (AvgIpc) is 2.33. The third kappa shape index (κ3) is 4.89. The quantitative estimate of drug-likeness (QED) is 0.744. The third-order valence-corrected chi connectivity index (χ3v) is 2.88. The second-order valence-electron chi connectivity index (χ2n) is 4.82. The lowest BCUT2D eigenvalue weighted by molar-refractivity contribution is -0.0106. The Morgan fingerprint density at radius 2 is 2.06 bits per heavy atom. The molecule has 5 nitrogen and oxygen atoms in total. The summed E-state index contributed by atoms with van der Waals surface area (Å²) in [5, 5.41) is 0. The predicted octanol–water partition coefficient (Wildman–Crippen LogP) is 1.26. The van der Waals surface area contributed by atoms with Crippen LogP contribution in [0.5, 0.6) is 0 Å². The minimum atomic E-state index is -0.173. The molecule has 0 atom stereocenters. The van der Waals surface area contributed by atoms with E-state index in [0.29, 0.717) is 25.4 Å². The van der Waals surface area contributed by atoms with Crippen molar-refractivity contribution < 1.29 is 9.47 Å². The molecule has 1 aromatic heterocycles. The summed E-state index contributed by atoms with van der Waals surface area (Å²) in [6, 6.07) is 3.06. The number of aromatic nitrogens is 1. The minimum absolute atomic E-state index is 0.0648. The first-order chi connectivity index (χ1) is 8.44. The standard InChI is InChI=1S/C13H22N2O3/c1-13(2,17-3)6-8-18-9-7-15-10-11(14)4-5-12(15)16/h4-5,10H,6-9,14H2,1-3H3. The molecule has 5 heteroatoms. The van der Waals surface area contributed by atoms with Crippen LogP contribution >= 0.6 is 0 Å². The summed E-state index contributed by atoms with van der Waals surface area (Å²) in [7, 11) is 1.69. The molecule has 0 aliphatic carbocycles. The van der Waals surface area contributed by atoms with Gasteiger partial charge >= 0.3 is 0 Å². The van der Waals surface area contributed by atoms with Crippen LogP contribution in [0.25, 0.3) is 0 Å². The normalized spacial score (nSPS) is 11.7. The molecule has 0 aliphatic rings. The van der Waals surface area contributed by atoms with Gasteiger partial charge in [-0.25, -0.2) is 0 Å². The Morgan fingerprint density at radius 3 is 2.72 bits per heavy atom. The Hall–Kier alpha value is -1.33. The molecular formula is C13H22N2O3. The molecule has 0 spiro atoms. The van der Waals surface area contributed by atoms with E-state index in [9.17, 15) is 4.79 Å². The number of nitrogens with two attached hydrogens (primary N) is 1. The maximum absolute atomic E-state index is 11.5. The van der Waals surface area contributed by atoms with Crippen molar-refractivity contribution in [2.45, 2.75) is 32.4 Å². The van der Waals surface area contributed by atoms with Crippen LogP contribution in [0.2, 0.25) is 0 Å². The van der Waals surface area contributed by atoms with Crippen molar-refractivity contribution in [3.05, 3.63) is 28.7 Å². The van der Waals surface area contributed by atoms with Crippen LogP contribution in [0.3, 0.4) is 0 Å². The molecule has 0 saturated heterocycles. The second kappa shape index (κ2) is 6.56. The lowest BCUT2D eigenvalue weighted by Crippen LogP contribution is -2.25. The van der Waals surface area contributed by atoms with Crippen molar-refractivity contribution in [3.8, 4) is 0 Å². The van der Waals surface area contributed by atoms with Gasteiger partial charge in [-0.15, -0.1) is 0 Å². The van der Waals surface area contributed by atoms with Gasteiger partial charge in [-0.3, -0.25) is 4.79 Å². The van der Waals surface area contributed by atoms with Crippen LogP contribution in [-0.4, -0.2) is 30.5 Å². The summed E-state index contributed by atoms with van der Waals surface area (Å²) in [5.74, 6) is 0. The summed E-state index contributed by atoms with van der Waals surface area (Å²) >= 11 is 0. The fourth-order valence-electron chi connectivity index (χ4n) is 1.41. The van der Waals surface area contributed by atoms with E-state index in [4.69, 9.17) is 15.2 Å². The first-order valence-electron chi connectivity index (χ1n) is 6.03. The number of pyridine rings is 1. The zero-order chi connectivity index (χ0) is 13.6. The highest BCUT2D eigenvalue weighted by Crippen LogP contribution is 2.12. The Bertz CT molecular complexity index is 426. The molecule has 0 fully saturated rings. The first-order valence-corrected chi connectivity index (χ1v) is 6.03. The van der Waals surface area contributed by atoms with Crippen molar-refractivity contribution in [1.29, 1.82) is 0 Å². The van der Waals surface area contributed by atoms with Crippen molar-refractivity contribution in [3.63, 3.8) is 0 Å². The number of nitrogen functional groups attached to an aromatic ring is 1. The highest BCUT2D eigenvalue weighted by atomic mass is 16.5. The maximum Gasteiger partial charge on any atom is 0.250 e. The third-order valence-electron chi connectivity index (χ3n) is 2.88. The van der Waals surface area contributed by atoms with E-state index in [1.807, 2.05) is 13.8 Å². The van der Waals surface area contributed by atoms with Crippen molar-refractivity contribution >= 4 is 5.69 Å². The van der Waals surface area contributed by atoms with Gasteiger partial charge < -0.3 is 19.8 Å². The van der Waals surface area contributed by atoms with Crippen LogP contribution in [0.15, 0.2) is 23.1 Å².